The van der Waals surface area contributed by atoms with Crippen LogP contribution in [0.25, 0.3) is 0 Å². The van der Waals surface area contributed by atoms with Crippen molar-refractivity contribution in [1.82, 2.24) is 0 Å². The van der Waals surface area contributed by atoms with Gasteiger partial charge in [-0.1, -0.05) is 6.07 Å². The number of nitrogens with zero attached hydrogens (tertiary/aromatic N) is 1. The van der Waals surface area contributed by atoms with Crippen LogP contribution in [0.3, 0.4) is 0 Å². The standard InChI is InChI=1S/C12H18N2O/c1-9-3-4-10(7-11(9)13)14-6-5-12(2,15)8-14/h3-4,7,15H,5-6,8,13H2,1-2H3. The molecule has 1 unspecified atom stereocenters. The molecule has 0 bridgehead atoms. The second-order valence-corrected chi connectivity index (χ2v) is 4.71. The van der Waals surface area contributed by atoms with Gasteiger partial charge in [0.25, 0.3) is 0 Å². The number of nitrogens with two attached hydrogens (primary N) is 1. The van der Waals surface area contributed by atoms with Crippen LogP contribution < -0.4 is 10.6 Å². The van der Waals surface area contributed by atoms with Crippen molar-refractivity contribution in [2.24, 2.45) is 0 Å². The number of anilines is 2. The van der Waals surface area contributed by atoms with Gasteiger partial charge in [0.15, 0.2) is 0 Å². The Kier molecular flexibility index (Phi) is 2.35. The van der Waals surface area contributed by atoms with E-state index in [1.165, 1.54) is 0 Å². The Balaban J connectivity index is 2.21. The number of nitrogen functional groups attached to an aromatic ring is 1. The minimum Gasteiger partial charge on any atom is -0.398 e. The van der Waals surface area contributed by atoms with Crippen molar-refractivity contribution in [3.05, 3.63) is 23.8 Å². The van der Waals surface area contributed by atoms with E-state index in [0.717, 1.165) is 29.9 Å². The molecule has 1 heterocycles. The van der Waals surface area contributed by atoms with Crippen molar-refractivity contribution in [3.8, 4) is 0 Å². The summed E-state index contributed by atoms with van der Waals surface area (Å²) in [5.74, 6) is 0. The van der Waals surface area contributed by atoms with Gasteiger partial charge in [-0.25, -0.2) is 0 Å². The van der Waals surface area contributed by atoms with E-state index in [2.05, 4.69) is 11.0 Å². The van der Waals surface area contributed by atoms with E-state index in [4.69, 9.17) is 5.73 Å². The van der Waals surface area contributed by atoms with Crippen molar-refractivity contribution in [3.63, 3.8) is 0 Å². The molecule has 1 saturated heterocycles. The van der Waals surface area contributed by atoms with Gasteiger partial charge in [0.2, 0.25) is 0 Å². The molecule has 1 aromatic rings. The van der Waals surface area contributed by atoms with E-state index in [-0.39, 0.29) is 0 Å². The van der Waals surface area contributed by atoms with Crippen LogP contribution >= 0.6 is 0 Å². The monoisotopic (exact) mass is 206 g/mol. The normalized spacial score (nSPS) is 25.9. The summed E-state index contributed by atoms with van der Waals surface area (Å²) >= 11 is 0. The lowest BCUT2D eigenvalue weighted by atomic mass is 10.1. The summed E-state index contributed by atoms with van der Waals surface area (Å²) in [5, 5.41) is 9.88. The average Bonchev–Trinajstić information content (AvgIpc) is 2.51. The quantitative estimate of drug-likeness (QED) is 0.685. The Bertz CT molecular complexity index is 374. The second-order valence-electron chi connectivity index (χ2n) is 4.71. The molecule has 2 rings (SSSR count). The zero-order chi connectivity index (χ0) is 11.1. The van der Waals surface area contributed by atoms with Crippen molar-refractivity contribution < 1.29 is 5.11 Å². The highest BCUT2D eigenvalue weighted by molar-refractivity contribution is 5.60. The van der Waals surface area contributed by atoms with Crippen LogP contribution in [0.5, 0.6) is 0 Å². The van der Waals surface area contributed by atoms with Gasteiger partial charge in [-0.2, -0.15) is 0 Å². The minimum atomic E-state index is -0.556. The molecule has 1 atom stereocenters. The number of rotatable bonds is 1. The molecule has 3 heteroatoms. The largest absolute Gasteiger partial charge is 0.398 e. The van der Waals surface area contributed by atoms with Gasteiger partial charge in [-0.3, -0.25) is 0 Å². The summed E-state index contributed by atoms with van der Waals surface area (Å²) in [6.07, 6.45) is 0.820. The van der Waals surface area contributed by atoms with Crippen molar-refractivity contribution in [1.29, 1.82) is 0 Å². The Morgan fingerprint density at radius 1 is 1.47 bits per heavy atom. The summed E-state index contributed by atoms with van der Waals surface area (Å²) in [5.41, 5.74) is 8.34. The lowest BCUT2D eigenvalue weighted by Crippen LogP contribution is -2.29. The van der Waals surface area contributed by atoms with E-state index in [9.17, 15) is 5.11 Å². The average molecular weight is 206 g/mol. The molecular formula is C12H18N2O. The van der Waals surface area contributed by atoms with Gasteiger partial charge < -0.3 is 15.7 Å². The lowest BCUT2D eigenvalue weighted by Gasteiger charge is -2.21. The van der Waals surface area contributed by atoms with Gasteiger partial charge in [0, 0.05) is 24.5 Å². The molecule has 1 aromatic carbocycles. The highest BCUT2D eigenvalue weighted by Crippen LogP contribution is 2.28. The summed E-state index contributed by atoms with van der Waals surface area (Å²) in [7, 11) is 0. The third-order valence-electron chi connectivity index (χ3n) is 3.08. The Morgan fingerprint density at radius 2 is 2.20 bits per heavy atom. The zero-order valence-corrected chi connectivity index (χ0v) is 9.33. The fourth-order valence-electron chi connectivity index (χ4n) is 1.99. The number of hydrogen-bond acceptors (Lipinski definition) is 3. The number of aliphatic hydroxyl groups is 1. The van der Waals surface area contributed by atoms with Crippen LogP contribution in [0, 0.1) is 6.92 Å². The van der Waals surface area contributed by atoms with E-state index in [1.807, 2.05) is 26.0 Å². The fraction of sp³-hybridized carbons (Fsp3) is 0.500. The molecule has 0 amide bonds. The first-order chi connectivity index (χ1) is 6.98. The van der Waals surface area contributed by atoms with Gasteiger partial charge in [0.05, 0.1) is 5.60 Å². The first kappa shape index (κ1) is 10.3. The topological polar surface area (TPSA) is 49.5 Å². The molecule has 0 saturated carbocycles. The summed E-state index contributed by atoms with van der Waals surface area (Å²) in [6.45, 7) is 5.47. The first-order valence-electron chi connectivity index (χ1n) is 5.31. The van der Waals surface area contributed by atoms with E-state index in [1.54, 1.807) is 0 Å². The van der Waals surface area contributed by atoms with E-state index in [0.29, 0.717) is 6.54 Å². The second kappa shape index (κ2) is 3.42. The van der Waals surface area contributed by atoms with Crippen LogP contribution in [0.2, 0.25) is 0 Å². The van der Waals surface area contributed by atoms with Crippen molar-refractivity contribution in [2.75, 3.05) is 23.7 Å². The zero-order valence-electron chi connectivity index (χ0n) is 9.33. The van der Waals surface area contributed by atoms with Gasteiger partial charge in [-0.05, 0) is 38.0 Å². The van der Waals surface area contributed by atoms with Gasteiger partial charge >= 0.3 is 0 Å². The molecule has 3 nitrogen and oxygen atoms in total. The molecule has 0 aliphatic carbocycles. The van der Waals surface area contributed by atoms with E-state index >= 15 is 0 Å². The Hall–Kier alpha value is -1.22. The van der Waals surface area contributed by atoms with Gasteiger partial charge in [-0.15, -0.1) is 0 Å². The van der Waals surface area contributed by atoms with Crippen LogP contribution in [0.1, 0.15) is 18.9 Å². The van der Waals surface area contributed by atoms with E-state index < -0.39 is 5.60 Å². The lowest BCUT2D eigenvalue weighted by molar-refractivity contribution is 0.0839. The molecule has 3 N–H and O–H groups in total. The Labute approximate surface area is 90.5 Å². The predicted octanol–water partition coefficient (Wildman–Crippen LogP) is 1.54. The highest BCUT2D eigenvalue weighted by atomic mass is 16.3. The summed E-state index contributed by atoms with van der Waals surface area (Å²) < 4.78 is 0. The number of aryl methyl sites for hydroxylation is 1. The number of benzene rings is 1. The highest BCUT2D eigenvalue weighted by Gasteiger charge is 2.31. The molecular weight excluding hydrogens is 188 g/mol. The molecule has 0 spiro atoms. The summed E-state index contributed by atoms with van der Waals surface area (Å²) in [6, 6.07) is 6.07. The molecule has 15 heavy (non-hydrogen) atoms. The minimum absolute atomic E-state index is 0.556. The van der Waals surface area contributed by atoms with Crippen LogP contribution in [-0.4, -0.2) is 23.8 Å². The molecule has 0 radical (unpaired) electrons. The third kappa shape index (κ3) is 2.07. The van der Waals surface area contributed by atoms with Crippen molar-refractivity contribution in [2.45, 2.75) is 25.9 Å². The smallest absolute Gasteiger partial charge is 0.0810 e. The molecule has 1 aliphatic heterocycles. The number of β-amino-alcohol motifs (C(OH)–C–C–N with tert-alkyl or cyclic N) is 1. The number of hydrogen-bond donors (Lipinski definition) is 2. The third-order valence-corrected chi connectivity index (χ3v) is 3.08. The maximum Gasteiger partial charge on any atom is 0.0810 e. The fourth-order valence-corrected chi connectivity index (χ4v) is 1.99. The van der Waals surface area contributed by atoms with Crippen LogP contribution in [-0.2, 0) is 0 Å². The van der Waals surface area contributed by atoms with Gasteiger partial charge in [0.1, 0.15) is 0 Å². The molecule has 82 valence electrons. The maximum absolute atomic E-state index is 9.88. The molecule has 1 fully saturated rings. The predicted molar refractivity (Wildman–Crippen MR) is 63.0 cm³/mol. The molecule has 0 aromatic heterocycles. The molecule has 1 aliphatic rings. The Morgan fingerprint density at radius 3 is 2.73 bits per heavy atom. The SMILES string of the molecule is Cc1ccc(N2CCC(C)(O)C2)cc1N. The van der Waals surface area contributed by atoms with Crippen molar-refractivity contribution >= 4 is 11.4 Å². The first-order valence-corrected chi connectivity index (χ1v) is 5.31. The maximum atomic E-state index is 9.88. The van der Waals surface area contributed by atoms with Crippen LogP contribution in [0.4, 0.5) is 11.4 Å². The summed E-state index contributed by atoms with van der Waals surface area (Å²) in [4.78, 5) is 2.18. The van der Waals surface area contributed by atoms with Crippen LogP contribution in [0.15, 0.2) is 18.2 Å².